The second kappa shape index (κ2) is 10.6. The molecule has 2 aliphatic heterocycles. The Morgan fingerprint density at radius 3 is 2.24 bits per heavy atom. The number of aryl methyl sites for hydroxylation is 1. The number of benzene rings is 2. The first-order chi connectivity index (χ1) is 18.2. The predicted octanol–water partition coefficient (Wildman–Crippen LogP) is 1.74. The lowest BCUT2D eigenvalue weighted by Gasteiger charge is -2.38. The molecule has 0 N–H and O–H groups in total. The fraction of sp³-hybridized carbons (Fsp3) is 0.370. The van der Waals surface area contributed by atoms with E-state index in [1.807, 2.05) is 30.3 Å². The molecule has 2 aliphatic rings. The van der Waals surface area contributed by atoms with Gasteiger partial charge in [0.25, 0.3) is 11.5 Å². The smallest absolute Gasteiger partial charge is 0.297 e. The lowest BCUT2D eigenvalue weighted by molar-refractivity contribution is 0.0746. The van der Waals surface area contributed by atoms with E-state index in [1.165, 1.54) is 10.7 Å². The van der Waals surface area contributed by atoms with E-state index in [-0.39, 0.29) is 16.4 Å². The van der Waals surface area contributed by atoms with Crippen LogP contribution in [0.3, 0.4) is 0 Å². The van der Waals surface area contributed by atoms with Gasteiger partial charge in [0.05, 0.1) is 35.7 Å². The molecule has 2 fully saturated rings. The minimum absolute atomic E-state index is 0.131. The number of aromatic nitrogens is 2. The van der Waals surface area contributed by atoms with Gasteiger partial charge < -0.3 is 19.4 Å². The third-order valence-electron chi connectivity index (χ3n) is 7.03. The van der Waals surface area contributed by atoms with Gasteiger partial charge in [-0.1, -0.05) is 18.2 Å². The Labute approximate surface area is 222 Å². The lowest BCUT2D eigenvalue weighted by atomic mass is 10.1. The van der Waals surface area contributed by atoms with E-state index in [9.17, 15) is 18.0 Å². The van der Waals surface area contributed by atoms with Crippen molar-refractivity contribution in [2.75, 3.05) is 68.5 Å². The summed E-state index contributed by atoms with van der Waals surface area (Å²) in [7, 11) is -3.35. The molecule has 0 radical (unpaired) electrons. The second-order valence-corrected chi connectivity index (χ2v) is 11.6. The van der Waals surface area contributed by atoms with Crippen LogP contribution in [-0.2, 0) is 14.6 Å². The van der Waals surface area contributed by atoms with E-state index in [0.29, 0.717) is 75.0 Å². The first-order valence-corrected chi connectivity index (χ1v) is 14.5. The number of ether oxygens (including phenoxy) is 1. The number of para-hydroxylation sites is 1. The number of piperazine rings is 1. The number of morpholine rings is 1. The van der Waals surface area contributed by atoms with E-state index in [4.69, 9.17) is 4.74 Å². The minimum Gasteiger partial charge on any atom is -0.378 e. The van der Waals surface area contributed by atoms with Gasteiger partial charge in [-0.3, -0.25) is 9.59 Å². The van der Waals surface area contributed by atoms with Gasteiger partial charge in [0.2, 0.25) is 0 Å². The van der Waals surface area contributed by atoms with Crippen molar-refractivity contribution in [2.24, 2.45) is 0 Å². The van der Waals surface area contributed by atoms with Gasteiger partial charge in [0.15, 0.2) is 9.84 Å². The summed E-state index contributed by atoms with van der Waals surface area (Å²) in [6.45, 7) is 6.09. The van der Waals surface area contributed by atoms with Crippen molar-refractivity contribution in [1.29, 1.82) is 0 Å². The average Bonchev–Trinajstić information content (AvgIpc) is 2.93. The van der Waals surface area contributed by atoms with Crippen LogP contribution in [0.5, 0.6) is 0 Å². The van der Waals surface area contributed by atoms with Crippen molar-refractivity contribution in [3.8, 4) is 5.69 Å². The van der Waals surface area contributed by atoms with Crippen LogP contribution in [0.4, 0.5) is 11.4 Å². The van der Waals surface area contributed by atoms with E-state index in [1.54, 1.807) is 30.2 Å². The molecule has 5 rings (SSSR count). The molecule has 11 heteroatoms. The molecule has 1 aromatic heterocycles. The highest BCUT2D eigenvalue weighted by Gasteiger charge is 2.29. The third-order valence-corrected chi connectivity index (χ3v) is 8.14. The summed E-state index contributed by atoms with van der Waals surface area (Å²) >= 11 is 0. The molecule has 2 aromatic carbocycles. The summed E-state index contributed by atoms with van der Waals surface area (Å²) in [6, 6.07) is 14.0. The van der Waals surface area contributed by atoms with E-state index in [0.717, 1.165) is 11.9 Å². The number of hydrogen-bond acceptors (Lipinski definition) is 8. The molecule has 10 nitrogen and oxygen atoms in total. The highest BCUT2D eigenvalue weighted by Crippen LogP contribution is 2.28. The fourth-order valence-corrected chi connectivity index (χ4v) is 5.64. The van der Waals surface area contributed by atoms with Crippen molar-refractivity contribution in [3.63, 3.8) is 0 Å². The molecule has 0 aliphatic carbocycles. The van der Waals surface area contributed by atoms with Crippen LogP contribution in [0, 0.1) is 6.92 Å². The first kappa shape index (κ1) is 25.9. The Balaban J connectivity index is 1.39. The number of sulfone groups is 1. The number of rotatable bonds is 5. The standard InChI is InChI=1S/C27H31N5O5S/c1-20-18-22(38(2,35)36)8-9-23(20)26(33)31-12-10-29(11-13-31)24-19-28-32(21-6-4-3-5-7-21)27(34)25(24)30-14-16-37-17-15-30/h3-9,18-19H,10-17H2,1-2H3. The van der Waals surface area contributed by atoms with E-state index >= 15 is 0 Å². The van der Waals surface area contributed by atoms with Crippen LogP contribution in [0.2, 0.25) is 0 Å². The zero-order chi connectivity index (χ0) is 26.9. The molecule has 0 bridgehead atoms. The number of anilines is 2. The number of nitrogens with zero attached hydrogens (tertiary/aromatic N) is 5. The van der Waals surface area contributed by atoms with E-state index < -0.39 is 9.84 Å². The van der Waals surface area contributed by atoms with Crippen LogP contribution in [-0.4, -0.2) is 87.7 Å². The summed E-state index contributed by atoms with van der Waals surface area (Å²) in [6.07, 6.45) is 2.89. The maximum atomic E-state index is 13.7. The topological polar surface area (TPSA) is 105 Å². The molecular weight excluding hydrogens is 506 g/mol. The SMILES string of the molecule is Cc1cc(S(C)(=O)=O)ccc1C(=O)N1CCN(c2cnn(-c3ccccc3)c(=O)c2N2CCOCC2)CC1. The summed E-state index contributed by atoms with van der Waals surface area (Å²) in [5, 5.41) is 4.50. The van der Waals surface area contributed by atoms with Gasteiger partial charge in [0.1, 0.15) is 5.69 Å². The summed E-state index contributed by atoms with van der Waals surface area (Å²) in [5.74, 6) is -0.131. The fourth-order valence-electron chi connectivity index (χ4n) is 4.93. The van der Waals surface area contributed by atoms with E-state index in [2.05, 4.69) is 14.9 Å². The summed E-state index contributed by atoms with van der Waals surface area (Å²) in [5.41, 5.74) is 2.99. The molecule has 0 unspecified atom stereocenters. The molecule has 0 atom stereocenters. The van der Waals surface area contributed by atoms with Gasteiger partial charge >= 0.3 is 0 Å². The Morgan fingerprint density at radius 2 is 1.61 bits per heavy atom. The van der Waals surface area contributed by atoms with Gasteiger partial charge in [-0.2, -0.15) is 9.78 Å². The Bertz CT molecular complexity index is 1490. The van der Waals surface area contributed by atoms with Crippen molar-refractivity contribution < 1.29 is 17.9 Å². The highest BCUT2D eigenvalue weighted by atomic mass is 32.2. The summed E-state index contributed by atoms with van der Waals surface area (Å²) in [4.78, 5) is 33.1. The van der Waals surface area contributed by atoms with Gasteiger partial charge in [-0.15, -0.1) is 0 Å². The molecule has 200 valence electrons. The predicted molar refractivity (Wildman–Crippen MR) is 145 cm³/mol. The van der Waals surface area contributed by atoms with Crippen LogP contribution < -0.4 is 15.4 Å². The Kier molecular flexibility index (Phi) is 7.22. The monoisotopic (exact) mass is 537 g/mol. The van der Waals surface area contributed by atoms with Crippen molar-refractivity contribution in [2.45, 2.75) is 11.8 Å². The maximum absolute atomic E-state index is 13.7. The van der Waals surface area contributed by atoms with Gasteiger partial charge in [-0.25, -0.2) is 8.42 Å². The van der Waals surface area contributed by atoms with Gasteiger partial charge in [0, 0.05) is 51.1 Å². The number of amides is 1. The summed E-state index contributed by atoms with van der Waals surface area (Å²) < 4.78 is 30.7. The van der Waals surface area contributed by atoms with Crippen molar-refractivity contribution in [1.82, 2.24) is 14.7 Å². The van der Waals surface area contributed by atoms with Crippen LogP contribution in [0.15, 0.2) is 64.4 Å². The molecule has 1 amide bonds. The van der Waals surface area contributed by atoms with Crippen LogP contribution in [0.25, 0.3) is 5.69 Å². The van der Waals surface area contributed by atoms with Crippen LogP contribution >= 0.6 is 0 Å². The molecule has 3 aromatic rings. The average molecular weight is 538 g/mol. The Morgan fingerprint density at radius 1 is 0.921 bits per heavy atom. The normalized spacial score (nSPS) is 16.5. The zero-order valence-electron chi connectivity index (χ0n) is 21.5. The molecule has 2 saturated heterocycles. The van der Waals surface area contributed by atoms with Crippen molar-refractivity contribution >= 4 is 27.1 Å². The molecular formula is C27H31N5O5S. The maximum Gasteiger partial charge on any atom is 0.297 e. The quantitative estimate of drug-likeness (QED) is 0.485. The van der Waals surface area contributed by atoms with Crippen molar-refractivity contribution in [3.05, 3.63) is 76.2 Å². The largest absolute Gasteiger partial charge is 0.378 e. The lowest BCUT2D eigenvalue weighted by Crippen LogP contribution is -2.50. The number of carbonyl (C=O) groups excluding carboxylic acids is 1. The second-order valence-electron chi connectivity index (χ2n) is 9.56. The zero-order valence-corrected chi connectivity index (χ0v) is 22.4. The first-order valence-electron chi connectivity index (χ1n) is 12.6. The molecule has 0 saturated carbocycles. The third kappa shape index (κ3) is 5.16. The minimum atomic E-state index is -3.35. The van der Waals surface area contributed by atoms with Gasteiger partial charge in [-0.05, 0) is 42.8 Å². The molecule has 3 heterocycles. The number of hydrogen-bond donors (Lipinski definition) is 0. The molecule has 0 spiro atoms. The Hall–Kier alpha value is -3.70. The molecule has 38 heavy (non-hydrogen) atoms. The highest BCUT2D eigenvalue weighted by molar-refractivity contribution is 7.90. The number of carbonyl (C=O) groups is 1. The van der Waals surface area contributed by atoms with Crippen LogP contribution in [0.1, 0.15) is 15.9 Å².